The third-order valence-electron chi connectivity index (χ3n) is 4.66. The van der Waals surface area contributed by atoms with Crippen molar-refractivity contribution in [3.05, 3.63) is 95.3 Å². The van der Waals surface area contributed by atoms with Gasteiger partial charge in [-0.25, -0.2) is 12.8 Å². The third kappa shape index (κ3) is 5.52. The topological polar surface area (TPSA) is 75.3 Å². The lowest BCUT2D eigenvalue weighted by molar-refractivity contribution is -0.117. The lowest BCUT2D eigenvalue weighted by atomic mass is 10.1. The van der Waals surface area contributed by atoms with E-state index in [9.17, 15) is 17.6 Å². The van der Waals surface area contributed by atoms with Gasteiger partial charge < -0.3 is 5.32 Å². The Balaban J connectivity index is 1.87. The lowest BCUT2D eigenvalue weighted by Gasteiger charge is -2.20. The Morgan fingerprint density at radius 2 is 1.63 bits per heavy atom. The van der Waals surface area contributed by atoms with E-state index < -0.39 is 27.8 Å². The number of carbonyl (C=O) groups is 1. The molecule has 5 nitrogen and oxygen atoms in total. The maximum Gasteiger partial charge on any atom is 0.242 e. The van der Waals surface area contributed by atoms with E-state index in [-0.39, 0.29) is 11.3 Å². The van der Waals surface area contributed by atoms with Gasteiger partial charge in [0.05, 0.1) is 4.90 Å². The van der Waals surface area contributed by atoms with E-state index >= 15 is 0 Å². The molecule has 0 bridgehead atoms. The van der Waals surface area contributed by atoms with Gasteiger partial charge in [-0.1, -0.05) is 48.0 Å². The minimum absolute atomic E-state index is 0.110. The van der Waals surface area contributed by atoms with Crippen molar-refractivity contribution in [2.24, 2.45) is 0 Å². The number of benzene rings is 3. The largest absolute Gasteiger partial charge is 0.324 e. The zero-order valence-corrected chi connectivity index (χ0v) is 17.5. The first-order valence-corrected chi connectivity index (χ1v) is 10.9. The highest BCUT2D eigenvalue weighted by Crippen LogP contribution is 2.18. The van der Waals surface area contributed by atoms with Gasteiger partial charge in [0, 0.05) is 5.69 Å². The van der Waals surface area contributed by atoms with Gasteiger partial charge in [0.1, 0.15) is 11.9 Å². The van der Waals surface area contributed by atoms with Crippen molar-refractivity contribution in [2.45, 2.75) is 31.2 Å². The van der Waals surface area contributed by atoms with Gasteiger partial charge in [0.25, 0.3) is 0 Å². The number of nitrogens with one attached hydrogen (secondary N) is 2. The Morgan fingerprint density at radius 3 is 2.27 bits per heavy atom. The number of sulfonamides is 1. The van der Waals surface area contributed by atoms with Crippen LogP contribution in [0, 0.1) is 19.7 Å². The van der Waals surface area contributed by atoms with E-state index in [0.717, 1.165) is 28.8 Å². The molecule has 156 valence electrons. The molecule has 3 rings (SSSR count). The van der Waals surface area contributed by atoms with Crippen LogP contribution in [-0.4, -0.2) is 20.4 Å². The number of hydrogen-bond donors (Lipinski definition) is 2. The van der Waals surface area contributed by atoms with Crippen molar-refractivity contribution in [2.75, 3.05) is 5.32 Å². The first-order chi connectivity index (χ1) is 14.2. The molecule has 0 aliphatic rings. The smallest absolute Gasteiger partial charge is 0.242 e. The summed E-state index contributed by atoms with van der Waals surface area (Å²) < 4.78 is 41.2. The van der Waals surface area contributed by atoms with Crippen molar-refractivity contribution >= 4 is 21.6 Å². The Hall–Kier alpha value is -3.03. The molecule has 1 atom stereocenters. The summed E-state index contributed by atoms with van der Waals surface area (Å²) in [6.45, 7) is 3.82. The second-order valence-corrected chi connectivity index (χ2v) is 8.84. The summed E-state index contributed by atoms with van der Waals surface area (Å²) in [7, 11) is -4.03. The van der Waals surface area contributed by atoms with Crippen LogP contribution >= 0.6 is 0 Å². The average molecular weight is 427 g/mol. The fourth-order valence-electron chi connectivity index (χ4n) is 3.08. The van der Waals surface area contributed by atoms with Crippen molar-refractivity contribution in [1.29, 1.82) is 0 Å². The summed E-state index contributed by atoms with van der Waals surface area (Å²) in [6, 6.07) is 18.1. The summed E-state index contributed by atoms with van der Waals surface area (Å²) in [5, 5.41) is 2.82. The van der Waals surface area contributed by atoms with Gasteiger partial charge in [0.15, 0.2) is 0 Å². The molecule has 0 fully saturated rings. The zero-order chi connectivity index (χ0) is 21.7. The first kappa shape index (κ1) is 21.7. The van der Waals surface area contributed by atoms with E-state index in [0.29, 0.717) is 5.69 Å². The van der Waals surface area contributed by atoms with Gasteiger partial charge in [-0.2, -0.15) is 4.72 Å². The van der Waals surface area contributed by atoms with Gasteiger partial charge in [-0.3, -0.25) is 4.79 Å². The molecule has 30 heavy (non-hydrogen) atoms. The second kappa shape index (κ2) is 9.19. The molecule has 0 aromatic heterocycles. The molecule has 0 unspecified atom stereocenters. The fraction of sp³-hybridized carbons (Fsp3) is 0.174. The van der Waals surface area contributed by atoms with E-state index in [1.165, 1.54) is 12.1 Å². The summed E-state index contributed by atoms with van der Waals surface area (Å²) in [5.74, 6) is -1.01. The van der Waals surface area contributed by atoms with Gasteiger partial charge in [-0.05, 0) is 61.7 Å². The maximum absolute atomic E-state index is 13.2. The summed E-state index contributed by atoms with van der Waals surface area (Å²) >= 11 is 0. The fourth-order valence-corrected chi connectivity index (χ4v) is 4.28. The quantitative estimate of drug-likeness (QED) is 0.600. The minimum atomic E-state index is -4.03. The molecule has 1 amide bonds. The van der Waals surface area contributed by atoms with Crippen LogP contribution in [0.15, 0.2) is 77.7 Å². The molecule has 0 radical (unpaired) electrons. The van der Waals surface area contributed by atoms with E-state index in [4.69, 9.17) is 0 Å². The summed E-state index contributed by atoms with van der Waals surface area (Å²) in [4.78, 5) is 12.9. The Bertz CT molecular complexity index is 1130. The van der Waals surface area contributed by atoms with Crippen LogP contribution in [0.4, 0.5) is 10.1 Å². The van der Waals surface area contributed by atoms with Crippen LogP contribution in [0.5, 0.6) is 0 Å². The predicted molar refractivity (Wildman–Crippen MR) is 115 cm³/mol. The number of anilines is 1. The van der Waals surface area contributed by atoms with E-state index in [1.54, 1.807) is 6.07 Å². The zero-order valence-electron chi connectivity index (χ0n) is 16.7. The molecular formula is C23H23FN2O3S. The highest BCUT2D eigenvalue weighted by atomic mass is 32.2. The number of rotatable bonds is 7. The second-order valence-electron chi connectivity index (χ2n) is 7.13. The van der Waals surface area contributed by atoms with Crippen LogP contribution in [0.25, 0.3) is 0 Å². The molecule has 0 aliphatic heterocycles. The van der Waals surface area contributed by atoms with Crippen LogP contribution in [0.3, 0.4) is 0 Å². The van der Waals surface area contributed by atoms with Crippen molar-refractivity contribution in [3.8, 4) is 0 Å². The Morgan fingerprint density at radius 1 is 0.967 bits per heavy atom. The van der Waals surface area contributed by atoms with E-state index in [2.05, 4.69) is 10.0 Å². The number of hydrogen-bond acceptors (Lipinski definition) is 3. The predicted octanol–water partition coefficient (Wildman–Crippen LogP) is 3.97. The molecular weight excluding hydrogens is 403 g/mol. The molecule has 0 spiro atoms. The van der Waals surface area contributed by atoms with Crippen molar-refractivity contribution in [1.82, 2.24) is 4.72 Å². The number of aryl methyl sites for hydroxylation is 2. The van der Waals surface area contributed by atoms with Crippen LogP contribution in [0.1, 0.15) is 16.7 Å². The average Bonchev–Trinajstić information content (AvgIpc) is 2.70. The molecule has 0 heterocycles. The Labute approximate surface area is 176 Å². The summed E-state index contributed by atoms with van der Waals surface area (Å²) in [6.07, 6.45) is 0.165. The first-order valence-electron chi connectivity index (χ1n) is 9.44. The van der Waals surface area contributed by atoms with Gasteiger partial charge in [-0.15, -0.1) is 0 Å². The highest BCUT2D eigenvalue weighted by Gasteiger charge is 2.26. The normalized spacial score (nSPS) is 12.4. The van der Waals surface area contributed by atoms with Gasteiger partial charge >= 0.3 is 0 Å². The highest BCUT2D eigenvalue weighted by molar-refractivity contribution is 7.89. The van der Waals surface area contributed by atoms with Crippen LogP contribution in [-0.2, 0) is 21.2 Å². The molecule has 0 aliphatic carbocycles. The SMILES string of the molecule is Cc1ccc(NC(=O)[C@@H](Cc2ccccc2)NS(=O)(=O)c2ccc(F)cc2)c(C)c1. The van der Waals surface area contributed by atoms with E-state index in [1.807, 2.05) is 56.3 Å². The number of amides is 1. The molecule has 0 saturated carbocycles. The van der Waals surface area contributed by atoms with Crippen LogP contribution < -0.4 is 10.0 Å². The Kier molecular flexibility index (Phi) is 6.64. The maximum atomic E-state index is 13.2. The molecule has 3 aromatic rings. The third-order valence-corrected chi connectivity index (χ3v) is 6.15. The molecule has 7 heteroatoms. The number of carbonyl (C=O) groups excluding carboxylic acids is 1. The molecule has 3 aromatic carbocycles. The monoisotopic (exact) mass is 426 g/mol. The van der Waals surface area contributed by atoms with Crippen molar-refractivity contribution < 1.29 is 17.6 Å². The number of halogens is 1. The molecule has 0 saturated heterocycles. The lowest BCUT2D eigenvalue weighted by Crippen LogP contribution is -2.45. The molecule has 2 N–H and O–H groups in total. The standard InChI is InChI=1S/C23H23FN2O3S/c1-16-8-13-21(17(2)14-16)25-23(27)22(15-18-6-4-3-5-7-18)26-30(28,29)20-11-9-19(24)10-12-20/h3-14,22,26H,15H2,1-2H3,(H,25,27)/t22-/m1/s1. The summed E-state index contributed by atoms with van der Waals surface area (Å²) in [5.41, 5.74) is 3.36. The van der Waals surface area contributed by atoms with Crippen molar-refractivity contribution in [3.63, 3.8) is 0 Å². The van der Waals surface area contributed by atoms with Gasteiger partial charge in [0.2, 0.25) is 15.9 Å². The van der Waals surface area contributed by atoms with Crippen LogP contribution in [0.2, 0.25) is 0 Å². The minimum Gasteiger partial charge on any atom is -0.324 e.